The van der Waals surface area contributed by atoms with Gasteiger partial charge in [0.15, 0.2) is 0 Å². The normalized spacial score (nSPS) is 16.2. The molecule has 0 bridgehead atoms. The Morgan fingerprint density at radius 1 is 0.540 bits per heavy atom. The van der Waals surface area contributed by atoms with Gasteiger partial charge in [0.2, 0.25) is 0 Å². The van der Waals surface area contributed by atoms with Crippen LogP contribution in [-0.2, 0) is 5.41 Å². The number of aromatic nitrogens is 2. The fraction of sp³-hybridized carbons (Fsp3) is 0.0426. The molecule has 0 amide bonds. The number of para-hydroxylation sites is 2. The highest BCUT2D eigenvalue weighted by atomic mass is 16.5. The molecule has 50 heavy (non-hydrogen) atoms. The molecule has 1 aliphatic heterocycles. The Kier molecular flexibility index (Phi) is 6.47. The van der Waals surface area contributed by atoms with Crippen LogP contribution in [0.5, 0.6) is 5.75 Å². The Bertz CT molecular complexity index is 2580. The second kappa shape index (κ2) is 11.3. The summed E-state index contributed by atoms with van der Waals surface area (Å²) >= 11 is 0. The zero-order valence-electron chi connectivity index (χ0n) is 27.3. The maximum absolute atomic E-state index is 6.81. The molecular weight excluding hydrogens is 609 g/mol. The van der Waals surface area contributed by atoms with E-state index in [0.29, 0.717) is 0 Å². The average molecular weight is 641 g/mol. The molecule has 2 aliphatic rings. The van der Waals surface area contributed by atoms with E-state index in [1.807, 2.05) is 0 Å². The van der Waals surface area contributed by atoms with Crippen molar-refractivity contribution < 1.29 is 4.74 Å². The highest BCUT2D eigenvalue weighted by Gasteiger charge is 2.48. The van der Waals surface area contributed by atoms with Crippen LogP contribution in [0.3, 0.4) is 0 Å². The highest BCUT2D eigenvalue weighted by Crippen LogP contribution is 2.54. The lowest BCUT2D eigenvalue weighted by Gasteiger charge is -2.30. The molecular formula is C47H32N2O. The molecule has 1 atom stereocenters. The van der Waals surface area contributed by atoms with Crippen LogP contribution in [0, 0.1) is 0 Å². The summed E-state index contributed by atoms with van der Waals surface area (Å²) in [4.78, 5) is 5.40. The first kappa shape index (κ1) is 28.6. The van der Waals surface area contributed by atoms with Crippen molar-refractivity contribution in [1.29, 1.82) is 0 Å². The van der Waals surface area contributed by atoms with E-state index in [1.54, 1.807) is 0 Å². The van der Waals surface area contributed by atoms with Crippen LogP contribution in [0.2, 0.25) is 0 Å². The van der Waals surface area contributed by atoms with Gasteiger partial charge in [-0.2, -0.15) is 0 Å². The fourth-order valence-electron chi connectivity index (χ4n) is 7.94. The van der Waals surface area contributed by atoms with Gasteiger partial charge >= 0.3 is 0 Å². The largest absolute Gasteiger partial charge is 0.460 e. The second-order valence-electron chi connectivity index (χ2n) is 13.2. The molecule has 0 N–H and O–H groups in total. The number of ether oxygens (including phenoxy) is 1. The minimum absolute atomic E-state index is 0.524. The van der Waals surface area contributed by atoms with Crippen LogP contribution in [0.15, 0.2) is 188 Å². The van der Waals surface area contributed by atoms with Gasteiger partial charge < -0.3 is 9.30 Å². The lowest BCUT2D eigenvalue weighted by molar-refractivity contribution is 0.387. The summed E-state index contributed by atoms with van der Waals surface area (Å²) in [6.07, 6.45) is 7.24. The first-order chi connectivity index (χ1) is 24.8. The molecule has 1 unspecified atom stereocenters. The van der Waals surface area contributed by atoms with Crippen molar-refractivity contribution in [3.05, 3.63) is 199 Å². The monoisotopic (exact) mass is 640 g/mol. The number of hydrogen-bond donors (Lipinski definition) is 0. The minimum Gasteiger partial charge on any atom is -0.460 e. The van der Waals surface area contributed by atoms with Crippen molar-refractivity contribution in [3.63, 3.8) is 0 Å². The van der Waals surface area contributed by atoms with Gasteiger partial charge in [0.25, 0.3) is 0 Å². The van der Waals surface area contributed by atoms with Crippen molar-refractivity contribution in [3.8, 4) is 44.9 Å². The number of hydrogen-bond acceptors (Lipinski definition) is 2. The van der Waals surface area contributed by atoms with Crippen LogP contribution >= 0.6 is 0 Å². The predicted octanol–water partition coefficient (Wildman–Crippen LogP) is 11.7. The molecule has 0 radical (unpaired) electrons. The van der Waals surface area contributed by atoms with E-state index >= 15 is 0 Å². The number of allylic oxidation sites excluding steroid dienone is 4. The number of pyridine rings is 1. The predicted molar refractivity (Wildman–Crippen MR) is 205 cm³/mol. The van der Waals surface area contributed by atoms with Crippen molar-refractivity contribution >= 4 is 21.8 Å². The lowest BCUT2D eigenvalue weighted by atomic mass is 9.71. The first-order valence-electron chi connectivity index (χ1n) is 17.2. The molecule has 0 saturated carbocycles. The van der Waals surface area contributed by atoms with E-state index in [9.17, 15) is 0 Å². The van der Waals surface area contributed by atoms with Crippen molar-refractivity contribution in [2.24, 2.45) is 0 Å². The average Bonchev–Trinajstić information content (AvgIpc) is 3.71. The van der Waals surface area contributed by atoms with E-state index in [2.05, 4.69) is 187 Å². The van der Waals surface area contributed by atoms with Gasteiger partial charge in [-0.25, -0.2) is 0 Å². The number of nitrogens with zero attached hydrogens (tertiary/aromatic N) is 2. The molecule has 1 aliphatic carbocycles. The molecule has 10 rings (SSSR count). The van der Waals surface area contributed by atoms with Crippen molar-refractivity contribution in [1.82, 2.24) is 9.55 Å². The third-order valence-corrected chi connectivity index (χ3v) is 10.3. The van der Waals surface area contributed by atoms with Gasteiger partial charge in [-0.3, -0.25) is 4.98 Å². The third-order valence-electron chi connectivity index (χ3n) is 10.3. The fourth-order valence-corrected chi connectivity index (χ4v) is 7.94. The molecule has 3 heteroatoms. The molecule has 0 fully saturated rings. The van der Waals surface area contributed by atoms with Crippen LogP contribution in [0.4, 0.5) is 0 Å². The van der Waals surface area contributed by atoms with Crippen LogP contribution in [0.25, 0.3) is 61.0 Å². The van der Waals surface area contributed by atoms with Crippen LogP contribution in [0.1, 0.15) is 17.7 Å². The van der Waals surface area contributed by atoms with Crippen LogP contribution < -0.4 is 4.74 Å². The zero-order valence-corrected chi connectivity index (χ0v) is 27.3. The molecule has 3 nitrogen and oxygen atoms in total. The Hall–Kier alpha value is -6.45. The molecule has 0 saturated heterocycles. The zero-order chi connectivity index (χ0) is 33.1. The Morgan fingerprint density at radius 2 is 1.22 bits per heavy atom. The summed E-state index contributed by atoms with van der Waals surface area (Å²) in [6.45, 7) is 0. The summed E-state index contributed by atoms with van der Waals surface area (Å²) in [5.41, 5.74) is 11.8. The third kappa shape index (κ3) is 4.40. The lowest BCUT2D eigenvalue weighted by Crippen LogP contribution is -2.30. The number of fused-ring (bicyclic) bond motifs is 6. The summed E-state index contributed by atoms with van der Waals surface area (Å²) in [6, 6.07) is 58.3. The first-order valence-corrected chi connectivity index (χ1v) is 17.2. The van der Waals surface area contributed by atoms with Crippen molar-refractivity contribution in [2.75, 3.05) is 0 Å². The summed E-state index contributed by atoms with van der Waals surface area (Å²) < 4.78 is 9.16. The minimum atomic E-state index is -0.524. The standard InChI is InChI=1S/C47H32N2O/c1-4-14-32(15-5-1)36-29-41(33-16-6-2-7-17-33)48-45(31-36)47-27-13-12-22-46(47)50-44-30-35(23-25-40(44)47)34-24-26-43-39(28-34)38-20-10-11-21-42(38)49(43)37-18-8-3-9-19-37/h1-26,28-31H,27H2. The van der Waals surface area contributed by atoms with E-state index in [-0.39, 0.29) is 0 Å². The van der Waals surface area contributed by atoms with E-state index in [4.69, 9.17) is 9.72 Å². The molecule has 2 aromatic heterocycles. The second-order valence-corrected chi connectivity index (χ2v) is 13.2. The molecule has 0 spiro atoms. The van der Waals surface area contributed by atoms with E-state index in [0.717, 1.165) is 62.8 Å². The number of benzene rings is 6. The van der Waals surface area contributed by atoms with Gasteiger partial charge in [-0.1, -0.05) is 127 Å². The maximum Gasteiger partial charge on any atom is 0.132 e. The summed E-state index contributed by atoms with van der Waals surface area (Å²) in [5, 5.41) is 2.47. The molecule has 6 aromatic carbocycles. The molecule has 3 heterocycles. The van der Waals surface area contributed by atoms with Gasteiger partial charge in [-0.05, 0) is 83.3 Å². The van der Waals surface area contributed by atoms with Gasteiger partial charge in [-0.15, -0.1) is 0 Å². The Morgan fingerprint density at radius 3 is 2.04 bits per heavy atom. The SMILES string of the molecule is C1=CCC2(c3cc(-c4ccccc4)cc(-c4ccccc4)n3)C(=C1)Oc1cc(-c3ccc4c(c3)c3ccccc3n4-c3ccccc3)ccc12. The van der Waals surface area contributed by atoms with E-state index in [1.165, 1.54) is 27.4 Å². The highest BCUT2D eigenvalue weighted by molar-refractivity contribution is 6.10. The number of rotatable bonds is 5. The molecule has 236 valence electrons. The van der Waals surface area contributed by atoms with Crippen LogP contribution in [-0.4, -0.2) is 9.55 Å². The smallest absolute Gasteiger partial charge is 0.132 e. The Labute approximate surface area is 291 Å². The van der Waals surface area contributed by atoms with Gasteiger partial charge in [0, 0.05) is 27.6 Å². The van der Waals surface area contributed by atoms with Gasteiger partial charge in [0.1, 0.15) is 16.9 Å². The topological polar surface area (TPSA) is 27.1 Å². The van der Waals surface area contributed by atoms with Crippen molar-refractivity contribution in [2.45, 2.75) is 11.8 Å². The van der Waals surface area contributed by atoms with E-state index < -0.39 is 5.41 Å². The quantitative estimate of drug-likeness (QED) is 0.187. The maximum atomic E-state index is 6.81. The summed E-state index contributed by atoms with van der Waals surface area (Å²) in [7, 11) is 0. The van der Waals surface area contributed by atoms with Gasteiger partial charge in [0.05, 0.1) is 22.4 Å². The molecule has 8 aromatic rings. The Balaban J connectivity index is 1.12. The summed E-state index contributed by atoms with van der Waals surface area (Å²) in [5.74, 6) is 1.81.